The molecule has 2 aromatic heterocycles. The second-order valence-corrected chi connectivity index (χ2v) is 16.4. The third kappa shape index (κ3) is 21.8. The predicted molar refractivity (Wildman–Crippen MR) is 265 cm³/mol. The van der Waals surface area contributed by atoms with Gasteiger partial charge in [-0.05, 0) is 82.7 Å². The number of H-pyrrole nitrogens is 2. The smallest absolute Gasteiger partial charge is 0.330 e. The van der Waals surface area contributed by atoms with Crippen molar-refractivity contribution in [2.24, 2.45) is 10.2 Å². The molecule has 21 nitrogen and oxygen atoms in total. The monoisotopic (exact) mass is 973 g/mol. The van der Waals surface area contributed by atoms with Crippen LogP contribution in [0.1, 0.15) is 120 Å². The standard InChI is InChI=1S/C39H55N5O7.C10H13N5O4/c1-3-4-5-6-7-8-9-10-11-12-13-14-15-16-17-18-19-20-21-24-33(45)25-22-27-49-28-23-26-37(46)50-31-35-34(42-43-40)29-36(51-35)44-30-32(2)38(47)41-39(44)48;1-5-3-15(10(18)12-9(5)17)8-2-6(13-14-11)7(4-16)19-8/h4-5,7-8,10-11,13-14,16-17,19-20,30,34-36H,3,6,9,12,15,18,21-29,31H2,1-2H3,(H,41,47,48);3,6-8,16H,2,4H2,1H3,(H,12,17,18)/b5-4-,8-7-,11-10-,14-13-,17-16-,20-19-;/t34-,35+,36?;6-,7+,8?/m00/s1. The Morgan fingerprint density at radius 2 is 1.14 bits per heavy atom. The maximum absolute atomic E-state index is 12.2. The van der Waals surface area contributed by atoms with Crippen molar-refractivity contribution in [1.82, 2.24) is 19.1 Å². The van der Waals surface area contributed by atoms with Crippen LogP contribution in [0.2, 0.25) is 0 Å². The van der Waals surface area contributed by atoms with Crippen molar-refractivity contribution in [3.05, 3.63) is 159 Å². The minimum Gasteiger partial charge on any atom is -0.463 e. The Labute approximate surface area is 406 Å². The first-order valence-electron chi connectivity index (χ1n) is 23.7. The highest BCUT2D eigenvalue weighted by Gasteiger charge is 2.38. The van der Waals surface area contributed by atoms with Crippen LogP contribution in [0.15, 0.2) is 115 Å². The fourth-order valence-corrected chi connectivity index (χ4v) is 7.11. The molecule has 0 aliphatic carbocycles. The molecule has 2 aliphatic heterocycles. The van der Waals surface area contributed by atoms with E-state index in [1.807, 2.05) is 0 Å². The number of azide groups is 2. The van der Waals surface area contributed by atoms with E-state index < -0.39 is 65.2 Å². The fraction of sp³-hybridized carbons (Fsp3) is 0.551. The molecule has 4 rings (SSSR count). The molecule has 0 saturated carbocycles. The fourth-order valence-electron chi connectivity index (χ4n) is 7.11. The van der Waals surface area contributed by atoms with Gasteiger partial charge in [-0.15, -0.1) is 0 Å². The van der Waals surface area contributed by atoms with E-state index in [0.29, 0.717) is 50.0 Å². The quantitative estimate of drug-likeness (QED) is 0.0176. The highest BCUT2D eigenvalue weighted by Crippen LogP contribution is 2.31. The molecule has 0 radical (unpaired) electrons. The van der Waals surface area contributed by atoms with Gasteiger partial charge in [-0.1, -0.05) is 90.1 Å². The highest BCUT2D eigenvalue weighted by molar-refractivity contribution is 5.78. The summed E-state index contributed by atoms with van der Waals surface area (Å²) in [6.07, 6.45) is 35.0. The summed E-state index contributed by atoms with van der Waals surface area (Å²) in [4.78, 5) is 81.2. The van der Waals surface area contributed by atoms with Crippen molar-refractivity contribution in [2.75, 3.05) is 26.4 Å². The van der Waals surface area contributed by atoms with Crippen LogP contribution in [-0.2, 0) is 28.5 Å². The molecule has 380 valence electrons. The lowest BCUT2D eigenvalue weighted by atomic mass is 10.1. The Morgan fingerprint density at radius 1 is 0.700 bits per heavy atom. The molecule has 2 aromatic rings. The van der Waals surface area contributed by atoms with Crippen molar-refractivity contribution in [3.8, 4) is 0 Å². The molecule has 0 spiro atoms. The van der Waals surface area contributed by atoms with Crippen molar-refractivity contribution in [3.63, 3.8) is 0 Å². The minimum absolute atomic E-state index is 0.131. The number of hydrogen-bond acceptors (Lipinski definition) is 13. The van der Waals surface area contributed by atoms with Crippen LogP contribution in [0.3, 0.4) is 0 Å². The van der Waals surface area contributed by atoms with Gasteiger partial charge in [0.15, 0.2) is 0 Å². The van der Waals surface area contributed by atoms with Crippen molar-refractivity contribution >= 4 is 11.8 Å². The van der Waals surface area contributed by atoms with Crippen LogP contribution < -0.4 is 22.5 Å². The number of nitrogens with zero attached hydrogens (tertiary/aromatic N) is 8. The zero-order valence-corrected chi connectivity index (χ0v) is 40.4. The minimum atomic E-state index is -0.774. The largest absolute Gasteiger partial charge is 0.463 e. The first-order valence-corrected chi connectivity index (χ1v) is 23.7. The van der Waals surface area contributed by atoms with Crippen LogP contribution in [0.25, 0.3) is 20.9 Å². The number of carbonyl (C=O) groups excluding carboxylic acids is 2. The van der Waals surface area contributed by atoms with Crippen LogP contribution in [0, 0.1) is 13.8 Å². The summed E-state index contributed by atoms with van der Waals surface area (Å²) in [6, 6.07) is -1.19. The van der Waals surface area contributed by atoms with E-state index in [-0.39, 0.29) is 38.3 Å². The van der Waals surface area contributed by atoms with Crippen molar-refractivity contribution in [2.45, 2.75) is 147 Å². The van der Waals surface area contributed by atoms with Gasteiger partial charge in [-0.2, -0.15) is 0 Å². The second kappa shape index (κ2) is 33.8. The molecule has 2 saturated heterocycles. The number of allylic oxidation sites excluding steroid dienone is 12. The number of aryl methyl sites for hydroxylation is 2. The molecular formula is C49H68N10O11. The number of ether oxygens (including phenoxy) is 4. The van der Waals surface area contributed by atoms with Gasteiger partial charge in [-0.25, -0.2) is 9.59 Å². The average molecular weight is 973 g/mol. The first kappa shape index (κ1) is 57.7. The van der Waals surface area contributed by atoms with Gasteiger partial charge >= 0.3 is 17.3 Å². The molecule has 4 heterocycles. The third-order valence-electron chi connectivity index (χ3n) is 10.9. The Balaban J connectivity index is 0.000000563. The van der Waals surface area contributed by atoms with E-state index >= 15 is 0 Å². The number of esters is 1. The van der Waals surface area contributed by atoms with E-state index in [0.717, 1.165) is 44.9 Å². The van der Waals surface area contributed by atoms with E-state index in [4.69, 9.17) is 35.1 Å². The summed E-state index contributed by atoms with van der Waals surface area (Å²) in [5, 5.41) is 16.4. The molecule has 21 heteroatoms. The van der Waals surface area contributed by atoms with E-state index in [1.165, 1.54) is 21.5 Å². The maximum atomic E-state index is 12.2. The molecule has 6 atom stereocenters. The molecular weight excluding hydrogens is 905 g/mol. The number of aliphatic hydroxyl groups excluding tert-OH is 1. The summed E-state index contributed by atoms with van der Waals surface area (Å²) in [7, 11) is 0. The Morgan fingerprint density at radius 3 is 1.61 bits per heavy atom. The number of nitrogens with one attached hydrogen (secondary N) is 2. The van der Waals surface area contributed by atoms with E-state index in [1.54, 1.807) is 13.8 Å². The Kier molecular flexibility index (Phi) is 27.9. The number of aromatic amines is 2. The SMILES string of the molecule is CC/C=C\C/C=C\C/C=C\C/C=C\C/C=C\C/C=C\CCC(=O)CCCOCCCC(=O)OC[C@H]1OC(n2cc(C)c(=O)[nH]c2=O)C[C@@H]1N=[N+]=[N-].Cc1cn(C2C[C@H](N=[N+]=[N-])[C@@H](CO)O2)c(=O)[nH]c1=O. The van der Waals surface area contributed by atoms with Crippen molar-refractivity contribution < 1.29 is 33.6 Å². The average Bonchev–Trinajstić information content (AvgIpc) is 3.94. The number of aliphatic hydroxyl groups is 1. The summed E-state index contributed by atoms with van der Waals surface area (Å²) in [5.74, 6) is -0.246. The number of aromatic nitrogens is 4. The topological polar surface area (TPSA) is 299 Å². The van der Waals surface area contributed by atoms with Gasteiger partial charge in [0.2, 0.25) is 0 Å². The lowest BCUT2D eigenvalue weighted by Gasteiger charge is -2.17. The Bertz CT molecular complexity index is 2470. The number of rotatable bonds is 29. The van der Waals surface area contributed by atoms with Crippen LogP contribution >= 0.6 is 0 Å². The second-order valence-electron chi connectivity index (χ2n) is 16.4. The molecule has 2 fully saturated rings. The zero-order valence-electron chi connectivity index (χ0n) is 40.4. The number of ketones is 1. The van der Waals surface area contributed by atoms with Gasteiger partial charge in [0.05, 0.1) is 24.8 Å². The molecule has 70 heavy (non-hydrogen) atoms. The van der Waals surface area contributed by atoms with Crippen LogP contribution in [0.4, 0.5) is 0 Å². The van der Waals surface area contributed by atoms with Crippen LogP contribution in [-0.4, -0.2) is 86.7 Å². The molecule has 2 aliphatic rings. The van der Waals surface area contributed by atoms with Gasteiger partial charge < -0.3 is 24.1 Å². The van der Waals surface area contributed by atoms with E-state index in [2.05, 4.69) is 110 Å². The molecule has 2 unspecified atom stereocenters. The molecule has 0 amide bonds. The Hall–Kier alpha value is -6.60. The van der Waals surface area contributed by atoms with Crippen LogP contribution in [0.5, 0.6) is 0 Å². The van der Waals surface area contributed by atoms with Gasteiger partial charge in [0.25, 0.3) is 11.1 Å². The van der Waals surface area contributed by atoms with Gasteiger partial charge in [-0.3, -0.25) is 38.3 Å². The number of Topliss-reactive ketones (excluding diaryl/α,β-unsaturated/α-hetero) is 1. The van der Waals surface area contributed by atoms with Gasteiger partial charge in [0.1, 0.15) is 30.9 Å². The summed E-state index contributed by atoms with van der Waals surface area (Å²) in [5.41, 5.74) is 15.9. The summed E-state index contributed by atoms with van der Waals surface area (Å²) < 4.78 is 24.7. The number of hydrogen-bond donors (Lipinski definition) is 3. The summed E-state index contributed by atoms with van der Waals surface area (Å²) >= 11 is 0. The lowest BCUT2D eigenvalue weighted by Crippen LogP contribution is -2.33. The number of carbonyl (C=O) groups is 2. The molecule has 3 N–H and O–H groups in total. The highest BCUT2D eigenvalue weighted by atomic mass is 16.6. The van der Waals surface area contributed by atoms with Crippen molar-refractivity contribution in [1.29, 1.82) is 0 Å². The first-order chi connectivity index (χ1) is 33.9. The zero-order chi connectivity index (χ0) is 50.9. The molecule has 0 bridgehead atoms. The third-order valence-corrected chi connectivity index (χ3v) is 10.9. The van der Waals surface area contributed by atoms with E-state index in [9.17, 15) is 28.8 Å². The maximum Gasteiger partial charge on any atom is 0.330 e. The lowest BCUT2D eigenvalue weighted by molar-refractivity contribution is -0.149. The normalized spacial score (nSPS) is 20.2. The summed E-state index contributed by atoms with van der Waals surface area (Å²) in [6.45, 7) is 5.62. The predicted octanol–water partition coefficient (Wildman–Crippen LogP) is 7.78. The molecule has 0 aromatic carbocycles. The van der Waals surface area contributed by atoms with Gasteiger partial charge in [0, 0.05) is 78.7 Å².